The van der Waals surface area contributed by atoms with E-state index in [0.29, 0.717) is 5.56 Å². The lowest BCUT2D eigenvalue weighted by Crippen LogP contribution is -2.29. The van der Waals surface area contributed by atoms with Crippen molar-refractivity contribution in [3.05, 3.63) is 34.3 Å². The van der Waals surface area contributed by atoms with Crippen LogP contribution < -0.4 is 0 Å². The Morgan fingerprint density at radius 3 is 1.75 bits per heavy atom. The van der Waals surface area contributed by atoms with Gasteiger partial charge in [0.25, 0.3) is 20.2 Å². The summed E-state index contributed by atoms with van der Waals surface area (Å²) in [7, 11) is -7.26. The van der Waals surface area contributed by atoms with Crippen molar-refractivity contribution in [2.24, 2.45) is 0 Å². The lowest BCUT2D eigenvalue weighted by Gasteiger charge is -2.26. The third-order valence-corrected chi connectivity index (χ3v) is 4.98. The lowest BCUT2D eigenvalue weighted by atomic mass is 9.76. The summed E-state index contributed by atoms with van der Waals surface area (Å²) in [4.78, 5) is 0. The van der Waals surface area contributed by atoms with Crippen LogP contribution >= 0.6 is 15.9 Å². The Balaban J connectivity index is 3.02. The highest BCUT2D eigenvalue weighted by Crippen LogP contribution is 2.32. The Hall–Kier alpha value is -0.990. The molecule has 0 amide bonds. The van der Waals surface area contributed by atoms with Gasteiger partial charge in [-0.15, -0.1) is 0 Å². The molecule has 1 aromatic carbocycles. The molecule has 0 fully saturated rings. The summed E-state index contributed by atoms with van der Waals surface area (Å²) in [6.45, 7) is -0.386. The molecule has 0 unspecified atom stereocenters. The first kappa shape index (κ1) is 21.1. The molecule has 1 aromatic rings. The zero-order chi connectivity index (χ0) is 18.4. The van der Waals surface area contributed by atoms with Crippen LogP contribution in [0.4, 0.5) is 0 Å². The smallest absolute Gasteiger partial charge is 0.264 e. The summed E-state index contributed by atoms with van der Waals surface area (Å²) in [6, 6.07) is 9.08. The Morgan fingerprint density at radius 1 is 1.00 bits per heavy atom. The zero-order valence-corrected chi connectivity index (χ0v) is 16.4. The normalized spacial score (nSPS) is 12.8. The summed E-state index contributed by atoms with van der Waals surface area (Å²) < 4.78 is 54.7. The van der Waals surface area contributed by atoms with Gasteiger partial charge in [0, 0.05) is 4.47 Å². The number of halogens is 1. The Kier molecular flexibility index (Phi) is 7.37. The van der Waals surface area contributed by atoms with Crippen molar-refractivity contribution >= 4 is 36.2 Å². The van der Waals surface area contributed by atoms with Crippen LogP contribution in [-0.2, 0) is 34.0 Å². The van der Waals surface area contributed by atoms with Gasteiger partial charge in [0.2, 0.25) is 0 Å². The first-order valence-corrected chi connectivity index (χ1v) is 11.3. The van der Waals surface area contributed by atoms with Gasteiger partial charge in [0.1, 0.15) is 0 Å². The molecular formula is C14H18BrNO6S2. The van der Waals surface area contributed by atoms with Crippen LogP contribution in [0.15, 0.2) is 28.7 Å². The first-order chi connectivity index (χ1) is 11.0. The second-order valence-corrected chi connectivity index (χ2v) is 9.46. The summed E-state index contributed by atoms with van der Waals surface area (Å²) in [5.74, 6) is 0. The molecule has 0 aliphatic carbocycles. The summed E-state index contributed by atoms with van der Waals surface area (Å²) >= 11 is 3.30. The molecule has 0 aromatic heterocycles. The van der Waals surface area contributed by atoms with Crippen molar-refractivity contribution in [2.75, 3.05) is 25.7 Å². The molecule has 7 nitrogen and oxygen atoms in total. The summed E-state index contributed by atoms with van der Waals surface area (Å²) in [6.07, 6.45) is 2.00. The molecule has 0 saturated heterocycles. The zero-order valence-electron chi connectivity index (χ0n) is 13.2. The van der Waals surface area contributed by atoms with Gasteiger partial charge in [-0.25, -0.2) is 0 Å². The van der Waals surface area contributed by atoms with Gasteiger partial charge in [0.05, 0.1) is 37.2 Å². The van der Waals surface area contributed by atoms with E-state index < -0.39 is 25.7 Å². The van der Waals surface area contributed by atoms with Gasteiger partial charge >= 0.3 is 0 Å². The maximum atomic E-state index is 11.1. The largest absolute Gasteiger partial charge is 0.270 e. The molecule has 0 atom stereocenters. The van der Waals surface area contributed by atoms with Crippen molar-refractivity contribution in [1.29, 1.82) is 5.26 Å². The summed E-state index contributed by atoms with van der Waals surface area (Å²) in [5.41, 5.74) is -0.502. The Labute approximate surface area is 151 Å². The number of hydrogen-bond acceptors (Lipinski definition) is 7. The van der Waals surface area contributed by atoms with Gasteiger partial charge in [-0.3, -0.25) is 8.37 Å². The molecule has 0 radical (unpaired) electrons. The van der Waals surface area contributed by atoms with Gasteiger partial charge in [0.15, 0.2) is 0 Å². The van der Waals surface area contributed by atoms with Crippen molar-refractivity contribution in [2.45, 2.75) is 18.3 Å². The molecular weight excluding hydrogens is 422 g/mol. The molecule has 0 heterocycles. The van der Waals surface area contributed by atoms with E-state index in [1.807, 2.05) is 0 Å². The standard InChI is InChI=1S/C14H18BrNO6S2/c1-23(17,18)21-9-7-14(11-16,8-10-22-24(2,19)20)12-3-5-13(15)6-4-12/h3-6H,7-10H2,1-2H3. The van der Waals surface area contributed by atoms with Gasteiger partial charge in [-0.05, 0) is 30.5 Å². The molecule has 0 aliphatic rings. The highest BCUT2D eigenvalue weighted by molar-refractivity contribution is 9.10. The molecule has 0 aliphatic heterocycles. The minimum absolute atomic E-state index is 0.0747. The highest BCUT2D eigenvalue weighted by Gasteiger charge is 2.33. The second-order valence-electron chi connectivity index (χ2n) is 5.25. The fraction of sp³-hybridized carbons (Fsp3) is 0.500. The van der Waals surface area contributed by atoms with E-state index in [1.165, 1.54) is 0 Å². The maximum Gasteiger partial charge on any atom is 0.264 e. The average Bonchev–Trinajstić information content (AvgIpc) is 2.44. The molecule has 24 heavy (non-hydrogen) atoms. The average molecular weight is 440 g/mol. The fourth-order valence-electron chi connectivity index (χ4n) is 2.09. The second kappa shape index (κ2) is 8.40. The maximum absolute atomic E-state index is 11.1. The van der Waals surface area contributed by atoms with Gasteiger partial charge in [-0.1, -0.05) is 28.1 Å². The van der Waals surface area contributed by atoms with Crippen LogP contribution in [-0.4, -0.2) is 42.6 Å². The first-order valence-electron chi connectivity index (χ1n) is 6.83. The molecule has 134 valence electrons. The Bertz CT molecular complexity index is 759. The monoisotopic (exact) mass is 439 g/mol. The van der Waals surface area contributed by atoms with Crippen LogP contribution in [0.1, 0.15) is 18.4 Å². The number of nitrogens with zero attached hydrogens (tertiary/aromatic N) is 1. The van der Waals surface area contributed by atoms with Crippen molar-refractivity contribution in [3.8, 4) is 6.07 Å². The molecule has 0 saturated carbocycles. The van der Waals surface area contributed by atoms with Crippen molar-refractivity contribution in [3.63, 3.8) is 0 Å². The number of benzene rings is 1. The molecule has 1 rings (SSSR count). The van der Waals surface area contributed by atoms with E-state index in [-0.39, 0.29) is 26.1 Å². The lowest BCUT2D eigenvalue weighted by molar-refractivity contribution is 0.246. The third-order valence-electron chi connectivity index (χ3n) is 3.26. The molecule has 0 N–H and O–H groups in total. The quantitative estimate of drug-likeness (QED) is 0.540. The highest BCUT2D eigenvalue weighted by atomic mass is 79.9. The van der Waals surface area contributed by atoms with E-state index in [0.717, 1.165) is 17.0 Å². The predicted octanol–water partition coefficient (Wildman–Crippen LogP) is 1.94. The van der Waals surface area contributed by atoms with Crippen molar-refractivity contribution in [1.82, 2.24) is 0 Å². The number of rotatable bonds is 9. The van der Waals surface area contributed by atoms with Crippen LogP contribution in [0.5, 0.6) is 0 Å². The topological polar surface area (TPSA) is 111 Å². The van der Waals surface area contributed by atoms with Crippen LogP contribution in [0, 0.1) is 11.3 Å². The SMILES string of the molecule is CS(=O)(=O)OCCC(C#N)(CCOS(C)(=O)=O)c1ccc(Br)cc1. The van der Waals surface area contributed by atoms with E-state index in [1.54, 1.807) is 24.3 Å². The minimum atomic E-state index is -3.63. The molecule has 0 spiro atoms. The summed E-state index contributed by atoms with van der Waals surface area (Å²) in [5, 5.41) is 9.69. The van der Waals surface area contributed by atoms with E-state index in [9.17, 15) is 22.1 Å². The number of nitriles is 1. The van der Waals surface area contributed by atoms with Crippen LogP contribution in [0.3, 0.4) is 0 Å². The third kappa shape index (κ3) is 7.27. The molecule has 10 heteroatoms. The molecule has 0 bridgehead atoms. The van der Waals surface area contributed by atoms with Crippen LogP contribution in [0.25, 0.3) is 0 Å². The predicted molar refractivity (Wildman–Crippen MR) is 92.3 cm³/mol. The van der Waals surface area contributed by atoms with Crippen molar-refractivity contribution < 1.29 is 25.2 Å². The van der Waals surface area contributed by atoms with E-state index in [4.69, 9.17) is 8.37 Å². The van der Waals surface area contributed by atoms with E-state index >= 15 is 0 Å². The number of hydrogen-bond donors (Lipinski definition) is 0. The fourth-order valence-corrected chi connectivity index (χ4v) is 3.13. The van der Waals surface area contributed by atoms with Crippen LogP contribution in [0.2, 0.25) is 0 Å². The Morgan fingerprint density at radius 2 is 1.42 bits per heavy atom. The van der Waals surface area contributed by atoms with E-state index in [2.05, 4.69) is 22.0 Å². The van der Waals surface area contributed by atoms with Gasteiger partial charge in [-0.2, -0.15) is 22.1 Å². The minimum Gasteiger partial charge on any atom is -0.270 e. The van der Waals surface area contributed by atoms with Gasteiger partial charge < -0.3 is 0 Å².